The summed E-state index contributed by atoms with van der Waals surface area (Å²) in [4.78, 5) is 2.52. The minimum absolute atomic E-state index is 0.834. The van der Waals surface area contributed by atoms with E-state index >= 15 is 0 Å². The topological polar surface area (TPSA) is 28.4 Å². The summed E-state index contributed by atoms with van der Waals surface area (Å²) in [6.07, 6.45) is 2.50. The number of nitrogens with zero attached hydrogens (tertiary/aromatic N) is 2. The van der Waals surface area contributed by atoms with Gasteiger partial charge in [-0.25, -0.2) is 0 Å². The Hall–Kier alpha value is -3.40. The van der Waals surface area contributed by atoms with E-state index in [1.54, 1.807) is 0 Å². The molecule has 0 spiro atoms. The third kappa shape index (κ3) is 3.28. The molecular weight excluding hydrogens is 404 g/mol. The Morgan fingerprint density at radius 2 is 1.21 bits per heavy atom. The van der Waals surface area contributed by atoms with Gasteiger partial charge in [0, 0.05) is 16.3 Å². The average Bonchev–Trinajstić information content (AvgIpc) is 3.51. The van der Waals surface area contributed by atoms with Gasteiger partial charge in [0.25, 0.3) is 0 Å². The normalized spacial score (nSPS) is 14.9. The van der Waals surface area contributed by atoms with Gasteiger partial charge in [-0.15, -0.1) is 0 Å². The Kier molecular flexibility index (Phi) is 5.01. The first-order chi connectivity index (χ1) is 16.3. The van der Waals surface area contributed by atoms with Crippen molar-refractivity contribution in [3.8, 4) is 0 Å². The van der Waals surface area contributed by atoms with Crippen molar-refractivity contribution in [2.75, 3.05) is 13.1 Å². The second-order valence-corrected chi connectivity index (χ2v) is 9.06. The SMILES string of the molecule is OC(c1ccccc1)(c1ccccc1)c1cccc2c3ccccc3n(CN3CCCC3)c12. The Morgan fingerprint density at radius 3 is 1.88 bits per heavy atom. The van der Waals surface area contributed by atoms with Gasteiger partial charge in [-0.1, -0.05) is 97.1 Å². The summed E-state index contributed by atoms with van der Waals surface area (Å²) in [6, 6.07) is 35.1. The van der Waals surface area contributed by atoms with Crippen LogP contribution < -0.4 is 0 Å². The fourth-order valence-corrected chi connectivity index (χ4v) is 5.51. The van der Waals surface area contributed by atoms with Crippen LogP contribution in [0.5, 0.6) is 0 Å². The lowest BCUT2D eigenvalue weighted by Crippen LogP contribution is -2.30. The maximum absolute atomic E-state index is 12.6. The molecular formula is C30H28N2O. The third-order valence-electron chi connectivity index (χ3n) is 7.10. The van der Waals surface area contributed by atoms with Crippen LogP contribution in [-0.4, -0.2) is 27.7 Å². The number of hydrogen-bond donors (Lipinski definition) is 1. The zero-order valence-electron chi connectivity index (χ0n) is 18.7. The lowest BCUT2D eigenvalue weighted by atomic mass is 9.79. The molecule has 0 saturated carbocycles. The Morgan fingerprint density at radius 1 is 0.636 bits per heavy atom. The molecule has 2 heterocycles. The summed E-state index contributed by atoms with van der Waals surface area (Å²) < 4.78 is 2.42. The van der Waals surface area contributed by atoms with E-state index < -0.39 is 5.60 Å². The summed E-state index contributed by atoms with van der Waals surface area (Å²) in [6.45, 7) is 3.08. The lowest BCUT2D eigenvalue weighted by molar-refractivity contribution is 0.126. The first kappa shape index (κ1) is 20.2. The standard InChI is InChI=1S/C30H28N2O/c33-30(23-12-3-1-4-13-23,24-14-5-2-6-15-24)27-18-11-17-26-25-16-7-8-19-28(25)32(29(26)27)22-31-20-9-10-21-31/h1-8,11-19,33H,9-10,20-22H2. The van der Waals surface area contributed by atoms with Crippen molar-refractivity contribution in [1.82, 2.24) is 9.47 Å². The molecule has 0 atom stereocenters. The van der Waals surface area contributed by atoms with Gasteiger partial charge in [0.05, 0.1) is 17.7 Å². The molecule has 0 radical (unpaired) electrons. The van der Waals surface area contributed by atoms with Gasteiger partial charge in [0.1, 0.15) is 5.60 Å². The molecule has 5 aromatic rings. The van der Waals surface area contributed by atoms with Crippen molar-refractivity contribution >= 4 is 21.8 Å². The van der Waals surface area contributed by atoms with Crippen molar-refractivity contribution in [1.29, 1.82) is 0 Å². The summed E-state index contributed by atoms with van der Waals surface area (Å²) >= 11 is 0. The van der Waals surface area contributed by atoms with Crippen LogP contribution in [0.15, 0.2) is 103 Å². The van der Waals surface area contributed by atoms with Gasteiger partial charge < -0.3 is 9.67 Å². The van der Waals surface area contributed by atoms with Gasteiger partial charge in [0.2, 0.25) is 0 Å². The molecule has 33 heavy (non-hydrogen) atoms. The molecule has 1 fully saturated rings. The highest BCUT2D eigenvalue weighted by molar-refractivity contribution is 6.09. The predicted molar refractivity (Wildman–Crippen MR) is 135 cm³/mol. The number of aliphatic hydroxyl groups is 1. The second-order valence-electron chi connectivity index (χ2n) is 9.06. The molecule has 1 saturated heterocycles. The van der Waals surface area contributed by atoms with E-state index in [0.717, 1.165) is 42.0 Å². The largest absolute Gasteiger partial charge is 0.376 e. The van der Waals surface area contributed by atoms with Crippen molar-refractivity contribution in [3.05, 3.63) is 120 Å². The number of hydrogen-bond acceptors (Lipinski definition) is 2. The fourth-order valence-electron chi connectivity index (χ4n) is 5.51. The van der Waals surface area contributed by atoms with Gasteiger partial charge in [-0.3, -0.25) is 4.90 Å². The molecule has 0 bridgehead atoms. The molecule has 1 aromatic heterocycles. The lowest BCUT2D eigenvalue weighted by Gasteiger charge is -2.31. The smallest absolute Gasteiger partial charge is 0.142 e. The molecule has 6 rings (SSSR count). The Labute approximate surface area is 194 Å². The summed E-state index contributed by atoms with van der Waals surface area (Å²) in [7, 11) is 0. The van der Waals surface area contributed by atoms with E-state index in [0.29, 0.717) is 0 Å². The van der Waals surface area contributed by atoms with E-state index in [1.807, 2.05) is 60.7 Å². The monoisotopic (exact) mass is 432 g/mol. The molecule has 4 aromatic carbocycles. The van der Waals surface area contributed by atoms with Crippen molar-refractivity contribution in [3.63, 3.8) is 0 Å². The zero-order chi connectivity index (χ0) is 22.3. The average molecular weight is 433 g/mol. The summed E-state index contributed by atoms with van der Waals surface area (Å²) in [5.41, 5.74) is 3.74. The second kappa shape index (κ2) is 8.18. The van der Waals surface area contributed by atoms with Gasteiger partial charge >= 0.3 is 0 Å². The van der Waals surface area contributed by atoms with Gasteiger partial charge in [0.15, 0.2) is 0 Å². The quantitative estimate of drug-likeness (QED) is 0.338. The van der Waals surface area contributed by atoms with E-state index in [9.17, 15) is 5.11 Å². The predicted octanol–water partition coefficient (Wildman–Crippen LogP) is 6.13. The highest BCUT2D eigenvalue weighted by atomic mass is 16.3. The maximum Gasteiger partial charge on any atom is 0.142 e. The van der Waals surface area contributed by atoms with Crippen LogP contribution >= 0.6 is 0 Å². The molecule has 3 nitrogen and oxygen atoms in total. The van der Waals surface area contributed by atoms with Gasteiger partial charge in [-0.05, 0) is 43.1 Å². The highest BCUT2D eigenvalue weighted by Crippen LogP contribution is 2.42. The minimum atomic E-state index is -1.26. The Balaban J connectivity index is 1.69. The minimum Gasteiger partial charge on any atom is -0.376 e. The number of benzene rings is 4. The fraction of sp³-hybridized carbons (Fsp3) is 0.200. The highest BCUT2D eigenvalue weighted by Gasteiger charge is 2.36. The van der Waals surface area contributed by atoms with Crippen LogP contribution in [0.2, 0.25) is 0 Å². The van der Waals surface area contributed by atoms with Crippen LogP contribution in [0, 0.1) is 0 Å². The summed E-state index contributed by atoms with van der Waals surface area (Å²) in [5.74, 6) is 0. The molecule has 0 aliphatic carbocycles. The zero-order valence-corrected chi connectivity index (χ0v) is 18.7. The van der Waals surface area contributed by atoms with Crippen molar-refractivity contribution in [2.45, 2.75) is 25.1 Å². The number of fused-ring (bicyclic) bond motifs is 3. The first-order valence-electron chi connectivity index (χ1n) is 11.8. The maximum atomic E-state index is 12.6. The molecule has 164 valence electrons. The van der Waals surface area contributed by atoms with E-state index in [1.165, 1.54) is 29.1 Å². The van der Waals surface area contributed by atoms with E-state index in [2.05, 4.69) is 51.9 Å². The number of para-hydroxylation sites is 2. The number of rotatable bonds is 5. The molecule has 1 aliphatic heterocycles. The third-order valence-corrected chi connectivity index (χ3v) is 7.10. The molecule has 3 heteroatoms. The van der Waals surface area contributed by atoms with E-state index in [4.69, 9.17) is 0 Å². The van der Waals surface area contributed by atoms with Gasteiger partial charge in [-0.2, -0.15) is 0 Å². The van der Waals surface area contributed by atoms with Crippen LogP contribution in [0.25, 0.3) is 21.8 Å². The van der Waals surface area contributed by atoms with Crippen LogP contribution in [0.3, 0.4) is 0 Å². The Bertz CT molecular complexity index is 1360. The van der Waals surface area contributed by atoms with Crippen LogP contribution in [0.4, 0.5) is 0 Å². The first-order valence-corrected chi connectivity index (χ1v) is 11.8. The van der Waals surface area contributed by atoms with Crippen molar-refractivity contribution < 1.29 is 5.11 Å². The molecule has 1 N–H and O–H groups in total. The summed E-state index contributed by atoms with van der Waals surface area (Å²) in [5, 5.41) is 15.0. The van der Waals surface area contributed by atoms with Crippen molar-refractivity contribution in [2.24, 2.45) is 0 Å². The van der Waals surface area contributed by atoms with Crippen LogP contribution in [0.1, 0.15) is 29.5 Å². The number of likely N-dealkylation sites (tertiary alicyclic amines) is 1. The molecule has 0 amide bonds. The van der Waals surface area contributed by atoms with Crippen LogP contribution in [-0.2, 0) is 12.3 Å². The molecule has 0 unspecified atom stereocenters. The number of aromatic nitrogens is 1. The van der Waals surface area contributed by atoms with E-state index in [-0.39, 0.29) is 0 Å². The molecule has 1 aliphatic rings.